The first-order valence-corrected chi connectivity index (χ1v) is 10.0. The van der Waals surface area contributed by atoms with Crippen molar-refractivity contribution in [3.05, 3.63) is 18.2 Å². The van der Waals surface area contributed by atoms with Gasteiger partial charge in [-0.25, -0.2) is 9.78 Å². The van der Waals surface area contributed by atoms with Crippen LogP contribution in [0.2, 0.25) is 0 Å². The number of carboxylic acid groups (broad SMARTS) is 1. The van der Waals surface area contributed by atoms with Gasteiger partial charge in [-0.05, 0) is 25.2 Å². The number of hydrogen-bond donors (Lipinski definition) is 5. The van der Waals surface area contributed by atoms with Crippen LogP contribution in [0.15, 0.2) is 12.5 Å². The number of likely N-dealkylation sites (tertiary alicyclic amines) is 1. The molecule has 6 N–H and O–H groups in total. The monoisotopic (exact) mass is 422 g/mol. The van der Waals surface area contributed by atoms with Crippen molar-refractivity contribution in [2.24, 2.45) is 11.7 Å². The summed E-state index contributed by atoms with van der Waals surface area (Å²) in [7, 11) is 0. The number of aromatic amines is 1. The van der Waals surface area contributed by atoms with Crippen LogP contribution in [0.1, 0.15) is 38.8 Å². The number of nitrogens with one attached hydrogen (secondary N) is 3. The molecule has 30 heavy (non-hydrogen) atoms. The lowest BCUT2D eigenvalue weighted by Gasteiger charge is -2.28. The zero-order valence-corrected chi connectivity index (χ0v) is 17.3. The number of carboxylic acids is 1. The first-order chi connectivity index (χ1) is 14.2. The summed E-state index contributed by atoms with van der Waals surface area (Å²) in [6, 6.07) is -2.58. The molecule has 0 saturated carbocycles. The zero-order valence-electron chi connectivity index (χ0n) is 17.3. The number of aromatic nitrogens is 2. The highest BCUT2D eigenvalue weighted by Crippen LogP contribution is 2.20. The number of aliphatic carboxylic acids is 1. The average molecular weight is 422 g/mol. The van der Waals surface area contributed by atoms with Gasteiger partial charge >= 0.3 is 5.97 Å². The first kappa shape index (κ1) is 23.3. The molecule has 3 unspecified atom stereocenters. The van der Waals surface area contributed by atoms with Gasteiger partial charge in [-0.3, -0.25) is 14.4 Å². The van der Waals surface area contributed by atoms with Crippen LogP contribution in [0.3, 0.4) is 0 Å². The van der Waals surface area contributed by atoms with Crippen LogP contribution in [0.25, 0.3) is 0 Å². The smallest absolute Gasteiger partial charge is 0.326 e. The third-order valence-corrected chi connectivity index (χ3v) is 4.92. The number of hydrogen-bond acceptors (Lipinski definition) is 6. The van der Waals surface area contributed by atoms with E-state index in [1.165, 1.54) is 11.2 Å². The summed E-state index contributed by atoms with van der Waals surface area (Å²) in [5, 5.41) is 14.4. The molecule has 1 aliphatic heterocycles. The molecule has 1 fully saturated rings. The zero-order chi connectivity index (χ0) is 22.3. The van der Waals surface area contributed by atoms with E-state index in [0.29, 0.717) is 31.5 Å². The van der Waals surface area contributed by atoms with Gasteiger partial charge in [0.15, 0.2) is 0 Å². The Kier molecular flexibility index (Phi) is 8.34. The number of nitrogens with zero attached hydrogens (tertiary/aromatic N) is 2. The Hall–Kier alpha value is -2.95. The Bertz CT molecular complexity index is 751. The maximum Gasteiger partial charge on any atom is 0.326 e. The summed E-state index contributed by atoms with van der Waals surface area (Å²) in [6.45, 7) is 3.82. The lowest BCUT2D eigenvalue weighted by atomic mass is 10.0. The summed E-state index contributed by atoms with van der Waals surface area (Å²) in [5.74, 6) is -2.40. The quantitative estimate of drug-likeness (QED) is 0.322. The summed E-state index contributed by atoms with van der Waals surface area (Å²) in [4.78, 5) is 56.7. The molecule has 0 bridgehead atoms. The lowest BCUT2D eigenvalue weighted by Crippen LogP contribution is -2.54. The largest absolute Gasteiger partial charge is 0.480 e. The van der Waals surface area contributed by atoms with Gasteiger partial charge in [-0.2, -0.15) is 0 Å². The fraction of sp³-hybridized carbons (Fsp3) is 0.632. The molecule has 3 amide bonds. The molecule has 11 nitrogen and oxygen atoms in total. The van der Waals surface area contributed by atoms with Gasteiger partial charge < -0.3 is 31.4 Å². The van der Waals surface area contributed by atoms with Crippen molar-refractivity contribution in [2.75, 3.05) is 13.1 Å². The number of rotatable bonds is 10. The highest BCUT2D eigenvalue weighted by molar-refractivity contribution is 5.92. The molecule has 1 aromatic heterocycles. The molecule has 3 atom stereocenters. The second-order valence-electron chi connectivity index (χ2n) is 7.88. The molecule has 166 valence electrons. The van der Waals surface area contributed by atoms with Crippen LogP contribution in [0.5, 0.6) is 0 Å². The van der Waals surface area contributed by atoms with E-state index in [0.717, 1.165) is 0 Å². The summed E-state index contributed by atoms with van der Waals surface area (Å²) in [6.07, 6.45) is 4.65. The maximum absolute atomic E-state index is 12.9. The van der Waals surface area contributed by atoms with Crippen molar-refractivity contribution >= 4 is 23.7 Å². The van der Waals surface area contributed by atoms with Crippen LogP contribution >= 0.6 is 0 Å². The Morgan fingerprint density at radius 3 is 2.70 bits per heavy atom. The second kappa shape index (κ2) is 10.7. The van der Waals surface area contributed by atoms with Gasteiger partial charge in [-0.15, -0.1) is 0 Å². The van der Waals surface area contributed by atoms with Crippen LogP contribution in [0.4, 0.5) is 0 Å². The molecule has 0 aliphatic carbocycles. The van der Waals surface area contributed by atoms with Gasteiger partial charge in [0.05, 0.1) is 18.9 Å². The Morgan fingerprint density at radius 1 is 1.37 bits per heavy atom. The van der Waals surface area contributed by atoms with E-state index in [9.17, 15) is 24.3 Å². The Morgan fingerprint density at radius 2 is 2.10 bits per heavy atom. The average Bonchev–Trinajstić information content (AvgIpc) is 3.36. The Labute approximate surface area is 174 Å². The number of amides is 3. The van der Waals surface area contributed by atoms with E-state index in [-0.39, 0.29) is 18.9 Å². The fourth-order valence-corrected chi connectivity index (χ4v) is 3.45. The normalized spacial score (nSPS) is 18.1. The topological polar surface area (TPSA) is 171 Å². The van der Waals surface area contributed by atoms with Crippen LogP contribution in [-0.4, -0.2) is 74.9 Å². The van der Waals surface area contributed by atoms with E-state index in [1.807, 2.05) is 13.8 Å². The van der Waals surface area contributed by atoms with Crippen LogP contribution < -0.4 is 16.4 Å². The standard InChI is InChI=1S/C19H30N6O5/c1-11(2)6-14(18(28)25-5-3-4-15(25)19(29)30)24-16(26)9-22-17(27)13(20)7-12-8-21-10-23-12/h8,10-11,13-15H,3-7,9,20H2,1-2H3,(H,21,23)(H,22,27)(H,24,26)(H,29,30). The predicted octanol–water partition coefficient (Wildman–Crippen LogP) is -0.998. The highest BCUT2D eigenvalue weighted by Gasteiger charge is 2.37. The minimum absolute atomic E-state index is 0.0996. The third-order valence-electron chi connectivity index (χ3n) is 4.92. The predicted molar refractivity (Wildman–Crippen MR) is 107 cm³/mol. The first-order valence-electron chi connectivity index (χ1n) is 10.0. The van der Waals surface area contributed by atoms with Crippen molar-refractivity contribution in [3.8, 4) is 0 Å². The van der Waals surface area contributed by atoms with Gasteiger partial charge in [0.1, 0.15) is 12.1 Å². The third kappa shape index (κ3) is 6.55. The van der Waals surface area contributed by atoms with Crippen molar-refractivity contribution in [1.29, 1.82) is 0 Å². The molecule has 2 rings (SSSR count). The number of nitrogens with two attached hydrogens (primary N) is 1. The highest BCUT2D eigenvalue weighted by atomic mass is 16.4. The van der Waals surface area contributed by atoms with E-state index in [2.05, 4.69) is 20.6 Å². The van der Waals surface area contributed by atoms with Gasteiger partial charge in [0, 0.05) is 24.9 Å². The van der Waals surface area contributed by atoms with Gasteiger partial charge in [0.25, 0.3) is 0 Å². The van der Waals surface area contributed by atoms with Crippen molar-refractivity contribution < 1.29 is 24.3 Å². The molecule has 11 heteroatoms. The molecular formula is C19H30N6O5. The van der Waals surface area contributed by atoms with E-state index < -0.39 is 41.8 Å². The summed E-state index contributed by atoms with van der Waals surface area (Å²) in [5.41, 5.74) is 6.53. The molecule has 0 radical (unpaired) electrons. The van der Waals surface area contributed by atoms with Gasteiger partial charge in [-0.1, -0.05) is 13.8 Å². The number of carbonyl (C=O) groups excluding carboxylic acids is 3. The minimum Gasteiger partial charge on any atom is -0.480 e. The molecule has 1 aromatic rings. The molecule has 0 aromatic carbocycles. The van der Waals surface area contributed by atoms with Crippen LogP contribution in [-0.2, 0) is 25.6 Å². The van der Waals surface area contributed by atoms with E-state index >= 15 is 0 Å². The lowest BCUT2D eigenvalue weighted by molar-refractivity contribution is -0.149. The molecular weight excluding hydrogens is 392 g/mol. The van der Waals surface area contributed by atoms with Crippen molar-refractivity contribution in [1.82, 2.24) is 25.5 Å². The summed E-state index contributed by atoms with van der Waals surface area (Å²) >= 11 is 0. The molecule has 0 spiro atoms. The number of imidazole rings is 1. The van der Waals surface area contributed by atoms with E-state index in [1.54, 1.807) is 6.20 Å². The second-order valence-corrected chi connectivity index (χ2v) is 7.88. The minimum atomic E-state index is -1.05. The van der Waals surface area contributed by atoms with Crippen molar-refractivity contribution in [2.45, 2.75) is 57.7 Å². The fourth-order valence-electron chi connectivity index (χ4n) is 3.45. The number of carbonyl (C=O) groups is 4. The molecule has 2 heterocycles. The SMILES string of the molecule is CC(C)CC(NC(=O)CNC(=O)C(N)Cc1cnc[nH]1)C(=O)N1CCCC1C(=O)O. The molecule has 1 saturated heterocycles. The summed E-state index contributed by atoms with van der Waals surface area (Å²) < 4.78 is 0. The van der Waals surface area contributed by atoms with Crippen molar-refractivity contribution in [3.63, 3.8) is 0 Å². The maximum atomic E-state index is 12.9. The van der Waals surface area contributed by atoms with Gasteiger partial charge in [0.2, 0.25) is 17.7 Å². The molecule has 1 aliphatic rings. The van der Waals surface area contributed by atoms with Crippen LogP contribution in [0, 0.1) is 5.92 Å². The van der Waals surface area contributed by atoms with E-state index in [4.69, 9.17) is 5.73 Å². The number of H-pyrrole nitrogens is 1. The Balaban J connectivity index is 1.90.